The number of nitrogens with zero attached hydrogens (tertiary/aromatic N) is 2. The van der Waals surface area contributed by atoms with Crippen LogP contribution in [-0.2, 0) is 0 Å². The smallest absolute Gasteiger partial charge is 0.184 e. The molecule has 4 rings (SSSR count). The Hall–Kier alpha value is -1.78. The van der Waals surface area contributed by atoms with Crippen molar-refractivity contribution in [3.63, 3.8) is 0 Å². The molecule has 0 saturated carbocycles. The van der Waals surface area contributed by atoms with Crippen LogP contribution in [0, 0.1) is 17.5 Å². The van der Waals surface area contributed by atoms with Crippen LogP contribution in [0.3, 0.4) is 0 Å². The quantitative estimate of drug-likeness (QED) is 0.581. The van der Waals surface area contributed by atoms with E-state index in [4.69, 9.17) is 27.9 Å². The number of hydrogen-bond acceptors (Lipinski definition) is 6. The third-order valence-corrected chi connectivity index (χ3v) is 6.43. The van der Waals surface area contributed by atoms with E-state index in [0.29, 0.717) is 4.70 Å². The Bertz CT molecular complexity index is 1090. The number of piperidine rings is 1. The van der Waals surface area contributed by atoms with Crippen molar-refractivity contribution >= 4 is 50.4 Å². The molecule has 11 heteroatoms. The highest BCUT2D eigenvalue weighted by Gasteiger charge is 2.42. The van der Waals surface area contributed by atoms with Crippen molar-refractivity contribution in [1.29, 1.82) is 0 Å². The number of aromatic nitrogens is 1. The van der Waals surface area contributed by atoms with Gasteiger partial charge in [-0.15, -0.1) is 0 Å². The van der Waals surface area contributed by atoms with Crippen molar-refractivity contribution in [3.05, 3.63) is 51.2 Å². The number of aliphatic hydroxyl groups is 2. The van der Waals surface area contributed by atoms with E-state index in [1.165, 1.54) is 17.0 Å². The van der Waals surface area contributed by atoms with Gasteiger partial charge in [0.2, 0.25) is 0 Å². The van der Waals surface area contributed by atoms with E-state index in [0.717, 1.165) is 23.5 Å². The molecule has 0 bridgehead atoms. The number of benzene rings is 2. The number of thiazole rings is 1. The van der Waals surface area contributed by atoms with Gasteiger partial charge in [0.05, 0.1) is 0 Å². The fraction of sp³-hybridized carbons (Fsp3) is 0.316. The Kier molecular flexibility index (Phi) is 5.75. The summed E-state index contributed by atoms with van der Waals surface area (Å²) < 4.78 is 48.4. The normalized spacial score (nSPS) is 22.0. The van der Waals surface area contributed by atoms with Crippen LogP contribution in [-0.4, -0.2) is 46.6 Å². The first kappa shape index (κ1) is 21.5. The maximum absolute atomic E-state index is 14.2. The number of ether oxygens (including phenoxy) is 1. The topological polar surface area (TPSA) is 65.8 Å². The summed E-state index contributed by atoms with van der Waals surface area (Å²) in [5.41, 5.74) is -1.94. The molecule has 5 nitrogen and oxygen atoms in total. The molecule has 30 heavy (non-hydrogen) atoms. The van der Waals surface area contributed by atoms with Crippen LogP contribution in [0.5, 0.6) is 5.75 Å². The van der Waals surface area contributed by atoms with Crippen molar-refractivity contribution in [2.75, 3.05) is 24.6 Å². The Labute approximate surface area is 183 Å². The summed E-state index contributed by atoms with van der Waals surface area (Å²) in [6.07, 6.45) is -1.38. The molecule has 160 valence electrons. The standard InChI is InChI=1S/C19H15Cl2F3N2O3S/c20-9-5-11(23)16(12(24)6-9)26-4-3-19(28,14(27)7-26)8-29-13-2-1-10(22)15-17(13)30-18(21)25-15/h1-2,5-6,14,27-28H,3-4,7-8H2/t14-,19-/m1/s1. The summed E-state index contributed by atoms with van der Waals surface area (Å²) >= 11 is 12.5. The third-order valence-electron chi connectivity index (χ3n) is 5.04. The van der Waals surface area contributed by atoms with E-state index in [9.17, 15) is 23.4 Å². The van der Waals surface area contributed by atoms with Crippen molar-refractivity contribution in [3.8, 4) is 5.75 Å². The first-order chi connectivity index (χ1) is 14.2. The monoisotopic (exact) mass is 478 g/mol. The molecule has 1 saturated heterocycles. The lowest BCUT2D eigenvalue weighted by atomic mass is 9.89. The molecule has 1 aromatic heterocycles. The molecule has 2 aromatic carbocycles. The van der Waals surface area contributed by atoms with Crippen LogP contribution in [0.2, 0.25) is 9.49 Å². The van der Waals surface area contributed by atoms with Gasteiger partial charge in [0.1, 0.15) is 40.0 Å². The van der Waals surface area contributed by atoms with Gasteiger partial charge in [0, 0.05) is 18.1 Å². The highest BCUT2D eigenvalue weighted by Crippen LogP contribution is 2.37. The molecule has 0 aliphatic carbocycles. The zero-order chi connectivity index (χ0) is 21.6. The van der Waals surface area contributed by atoms with E-state index in [1.807, 2.05) is 0 Å². The van der Waals surface area contributed by atoms with Gasteiger partial charge in [0.25, 0.3) is 0 Å². The van der Waals surface area contributed by atoms with Gasteiger partial charge in [0.15, 0.2) is 21.9 Å². The number of fused-ring (bicyclic) bond motifs is 1. The molecule has 2 N–H and O–H groups in total. The molecule has 1 fully saturated rings. The van der Waals surface area contributed by atoms with Crippen molar-refractivity contribution in [2.24, 2.45) is 0 Å². The summed E-state index contributed by atoms with van der Waals surface area (Å²) in [5.74, 6) is -2.01. The van der Waals surface area contributed by atoms with Crippen LogP contribution in [0.4, 0.5) is 18.9 Å². The van der Waals surface area contributed by atoms with E-state index in [1.54, 1.807) is 0 Å². The van der Waals surface area contributed by atoms with Crippen molar-refractivity contribution in [1.82, 2.24) is 4.98 Å². The lowest BCUT2D eigenvalue weighted by molar-refractivity contribution is -0.108. The minimum atomic E-state index is -1.68. The van der Waals surface area contributed by atoms with Gasteiger partial charge in [-0.3, -0.25) is 0 Å². The molecule has 1 aliphatic heterocycles. The predicted molar refractivity (Wildman–Crippen MR) is 109 cm³/mol. The molecular formula is C19H15Cl2F3N2O3S. The van der Waals surface area contributed by atoms with Crippen molar-refractivity contribution < 1.29 is 28.1 Å². The van der Waals surface area contributed by atoms with Gasteiger partial charge in [-0.1, -0.05) is 34.5 Å². The minimum Gasteiger partial charge on any atom is -0.489 e. The third kappa shape index (κ3) is 3.92. The number of anilines is 1. The van der Waals surface area contributed by atoms with Gasteiger partial charge < -0.3 is 19.8 Å². The van der Waals surface area contributed by atoms with Gasteiger partial charge in [-0.05, 0) is 30.7 Å². The number of aliphatic hydroxyl groups excluding tert-OH is 1. The van der Waals surface area contributed by atoms with E-state index in [2.05, 4.69) is 4.98 Å². The van der Waals surface area contributed by atoms with Crippen LogP contribution in [0.15, 0.2) is 24.3 Å². The number of rotatable bonds is 4. The number of β-amino-alcohol motifs (C(OH)–C–C–N with tert-alkyl or cyclic N) is 1. The first-order valence-electron chi connectivity index (χ1n) is 8.85. The Morgan fingerprint density at radius 3 is 2.57 bits per heavy atom. The van der Waals surface area contributed by atoms with Gasteiger partial charge in [-0.25, -0.2) is 18.2 Å². The second kappa shape index (κ2) is 8.05. The van der Waals surface area contributed by atoms with Crippen LogP contribution < -0.4 is 9.64 Å². The fourth-order valence-electron chi connectivity index (χ4n) is 3.42. The lowest BCUT2D eigenvalue weighted by Crippen LogP contribution is -2.58. The molecule has 0 amide bonds. The van der Waals surface area contributed by atoms with Gasteiger partial charge >= 0.3 is 0 Å². The summed E-state index contributed by atoms with van der Waals surface area (Å²) in [5, 5.41) is 21.3. The average Bonchev–Trinajstić information content (AvgIpc) is 3.06. The van der Waals surface area contributed by atoms with Gasteiger partial charge in [-0.2, -0.15) is 0 Å². The largest absolute Gasteiger partial charge is 0.489 e. The second-order valence-electron chi connectivity index (χ2n) is 7.01. The Balaban J connectivity index is 1.50. The van der Waals surface area contributed by atoms with Crippen LogP contribution >= 0.6 is 34.5 Å². The van der Waals surface area contributed by atoms with E-state index < -0.39 is 29.2 Å². The Morgan fingerprint density at radius 2 is 1.90 bits per heavy atom. The molecule has 2 atom stereocenters. The van der Waals surface area contributed by atoms with E-state index >= 15 is 0 Å². The first-order valence-corrected chi connectivity index (χ1v) is 10.4. The second-order valence-corrected chi connectivity index (χ2v) is 9.03. The maximum Gasteiger partial charge on any atom is 0.184 e. The maximum atomic E-state index is 14.2. The molecule has 1 aliphatic rings. The summed E-state index contributed by atoms with van der Waals surface area (Å²) in [6, 6.07) is 4.52. The number of halogens is 5. The van der Waals surface area contributed by atoms with Crippen LogP contribution in [0.25, 0.3) is 10.2 Å². The highest BCUT2D eigenvalue weighted by atomic mass is 35.5. The van der Waals surface area contributed by atoms with Crippen molar-refractivity contribution in [2.45, 2.75) is 18.1 Å². The summed E-state index contributed by atoms with van der Waals surface area (Å²) in [4.78, 5) is 5.20. The molecule has 3 aromatic rings. The number of hydrogen-bond donors (Lipinski definition) is 2. The Morgan fingerprint density at radius 1 is 1.20 bits per heavy atom. The van der Waals surface area contributed by atoms with Crippen LogP contribution in [0.1, 0.15) is 6.42 Å². The van der Waals surface area contributed by atoms with E-state index in [-0.39, 0.29) is 52.6 Å². The fourth-order valence-corrected chi connectivity index (χ4v) is 4.70. The lowest BCUT2D eigenvalue weighted by Gasteiger charge is -2.42. The molecule has 0 unspecified atom stereocenters. The molecule has 2 heterocycles. The summed E-state index contributed by atoms with van der Waals surface area (Å²) in [6.45, 7) is -0.470. The SMILES string of the molecule is O[C@@H]1CN(c2c(F)cc(Cl)cc2F)CC[C@@]1(O)COc1ccc(F)c2nc(Cl)sc12. The average molecular weight is 479 g/mol. The zero-order valence-corrected chi connectivity index (χ0v) is 17.5. The summed E-state index contributed by atoms with van der Waals surface area (Å²) in [7, 11) is 0. The minimum absolute atomic E-state index is 0.0243. The molecule has 0 radical (unpaired) electrons. The predicted octanol–water partition coefficient (Wildman–Crippen LogP) is 4.40. The zero-order valence-electron chi connectivity index (χ0n) is 15.2. The highest BCUT2D eigenvalue weighted by molar-refractivity contribution is 7.22. The molecule has 0 spiro atoms. The molecular weight excluding hydrogens is 464 g/mol.